The molecule has 100 valence electrons. The van der Waals surface area contributed by atoms with E-state index in [1.165, 1.54) is 28.9 Å². The second-order valence-electron chi connectivity index (χ2n) is 4.74. The van der Waals surface area contributed by atoms with Crippen LogP contribution in [0.1, 0.15) is 12.0 Å². The Hall–Kier alpha value is -0.930. The molecule has 4 heteroatoms. The number of halogens is 1. The van der Waals surface area contributed by atoms with E-state index in [9.17, 15) is 0 Å². The van der Waals surface area contributed by atoms with Gasteiger partial charge in [-0.2, -0.15) is 11.8 Å². The average molecular weight is 293 g/mol. The van der Waals surface area contributed by atoms with Crippen LogP contribution in [-0.4, -0.2) is 29.6 Å². The zero-order chi connectivity index (χ0) is 13.1. The van der Waals surface area contributed by atoms with Gasteiger partial charge in [-0.1, -0.05) is 18.2 Å². The highest BCUT2D eigenvalue weighted by Crippen LogP contribution is 2.25. The fourth-order valence-corrected chi connectivity index (χ4v) is 3.59. The van der Waals surface area contributed by atoms with Gasteiger partial charge in [0, 0.05) is 30.1 Å². The monoisotopic (exact) mass is 292 g/mol. The van der Waals surface area contributed by atoms with Crippen LogP contribution in [0, 0.1) is 0 Å². The number of aromatic nitrogens is 1. The Morgan fingerprint density at radius 1 is 1.21 bits per heavy atom. The van der Waals surface area contributed by atoms with Crippen molar-refractivity contribution in [1.82, 2.24) is 4.98 Å². The standard InChI is InChI=1S/C15H17ClN2S/c16-11-12-10-15(18-6-3-8-19-9-7-18)17-14-5-2-1-4-13(12)14/h1-2,4-5,10H,3,6-9,11H2. The molecule has 0 atom stereocenters. The van der Waals surface area contributed by atoms with Crippen molar-refractivity contribution in [2.45, 2.75) is 12.3 Å². The van der Waals surface area contributed by atoms with E-state index in [4.69, 9.17) is 16.6 Å². The Kier molecular flexibility index (Phi) is 4.14. The van der Waals surface area contributed by atoms with Gasteiger partial charge in [0.05, 0.1) is 5.52 Å². The molecule has 1 aromatic heterocycles. The SMILES string of the molecule is ClCc1cc(N2CCCSCC2)nc2ccccc12. The van der Waals surface area contributed by atoms with Crippen molar-refractivity contribution in [2.24, 2.45) is 0 Å². The summed E-state index contributed by atoms with van der Waals surface area (Å²) in [5.74, 6) is 4.06. The lowest BCUT2D eigenvalue weighted by molar-refractivity contribution is 0.803. The van der Waals surface area contributed by atoms with E-state index in [1.54, 1.807) is 0 Å². The van der Waals surface area contributed by atoms with Crippen LogP contribution in [0.4, 0.5) is 5.82 Å². The first-order valence-electron chi connectivity index (χ1n) is 6.66. The van der Waals surface area contributed by atoms with Crippen LogP contribution >= 0.6 is 23.4 Å². The first-order valence-corrected chi connectivity index (χ1v) is 8.35. The number of benzene rings is 1. The van der Waals surface area contributed by atoms with Gasteiger partial charge in [0.2, 0.25) is 0 Å². The summed E-state index contributed by atoms with van der Waals surface area (Å²) in [5, 5.41) is 1.17. The molecule has 1 aliphatic heterocycles. The number of alkyl halides is 1. The number of rotatable bonds is 2. The lowest BCUT2D eigenvalue weighted by atomic mass is 10.1. The van der Waals surface area contributed by atoms with Crippen LogP contribution < -0.4 is 4.90 Å². The van der Waals surface area contributed by atoms with Gasteiger partial charge < -0.3 is 4.90 Å². The number of hydrogen-bond acceptors (Lipinski definition) is 3. The van der Waals surface area contributed by atoms with Gasteiger partial charge in [0.1, 0.15) is 5.82 Å². The van der Waals surface area contributed by atoms with Crippen LogP contribution in [0.2, 0.25) is 0 Å². The fourth-order valence-electron chi connectivity index (χ4n) is 2.48. The Balaban J connectivity index is 2.03. The number of para-hydroxylation sites is 1. The molecule has 0 unspecified atom stereocenters. The molecule has 2 aromatic rings. The second kappa shape index (κ2) is 6.02. The molecule has 0 amide bonds. The lowest BCUT2D eigenvalue weighted by Crippen LogP contribution is -2.26. The van der Waals surface area contributed by atoms with Gasteiger partial charge in [0.15, 0.2) is 0 Å². The summed E-state index contributed by atoms with van der Waals surface area (Å²) >= 11 is 8.13. The van der Waals surface area contributed by atoms with E-state index in [1.807, 2.05) is 23.9 Å². The molecule has 1 saturated heterocycles. The first kappa shape index (κ1) is 13.1. The summed E-state index contributed by atoms with van der Waals surface area (Å²) < 4.78 is 0. The van der Waals surface area contributed by atoms with Crippen molar-refractivity contribution in [3.05, 3.63) is 35.9 Å². The summed E-state index contributed by atoms with van der Waals surface area (Å²) in [5.41, 5.74) is 2.23. The molecule has 1 fully saturated rings. The van der Waals surface area contributed by atoms with E-state index < -0.39 is 0 Å². The minimum atomic E-state index is 0.540. The molecule has 0 aliphatic carbocycles. The van der Waals surface area contributed by atoms with Crippen LogP contribution in [-0.2, 0) is 5.88 Å². The molecule has 0 saturated carbocycles. The Morgan fingerprint density at radius 2 is 2.11 bits per heavy atom. The highest BCUT2D eigenvalue weighted by Gasteiger charge is 2.13. The minimum absolute atomic E-state index is 0.540. The molecule has 0 bridgehead atoms. The number of anilines is 1. The normalized spacial score (nSPS) is 16.6. The summed E-state index contributed by atoms with van der Waals surface area (Å²) in [6.45, 7) is 2.18. The van der Waals surface area contributed by atoms with Crippen LogP contribution in [0.25, 0.3) is 10.9 Å². The Bertz CT molecular complexity index is 565. The van der Waals surface area contributed by atoms with Gasteiger partial charge in [-0.3, -0.25) is 0 Å². The number of thioether (sulfide) groups is 1. The van der Waals surface area contributed by atoms with Crippen molar-refractivity contribution in [2.75, 3.05) is 29.5 Å². The van der Waals surface area contributed by atoms with E-state index in [0.717, 1.165) is 24.4 Å². The maximum Gasteiger partial charge on any atom is 0.129 e. The molecule has 0 radical (unpaired) electrons. The van der Waals surface area contributed by atoms with Gasteiger partial charge in [-0.05, 0) is 29.9 Å². The van der Waals surface area contributed by atoms with E-state index in [-0.39, 0.29) is 0 Å². The zero-order valence-electron chi connectivity index (χ0n) is 10.8. The number of pyridine rings is 1. The minimum Gasteiger partial charge on any atom is -0.356 e. The number of nitrogens with zero attached hydrogens (tertiary/aromatic N) is 2. The summed E-state index contributed by atoms with van der Waals surface area (Å²) in [4.78, 5) is 7.20. The van der Waals surface area contributed by atoms with Crippen molar-refractivity contribution in [1.29, 1.82) is 0 Å². The highest BCUT2D eigenvalue weighted by molar-refractivity contribution is 7.99. The predicted molar refractivity (Wildman–Crippen MR) is 85.5 cm³/mol. The van der Waals surface area contributed by atoms with Crippen molar-refractivity contribution in [3.8, 4) is 0 Å². The summed E-state index contributed by atoms with van der Waals surface area (Å²) in [7, 11) is 0. The van der Waals surface area contributed by atoms with Crippen molar-refractivity contribution in [3.63, 3.8) is 0 Å². The molecule has 2 nitrogen and oxygen atoms in total. The fraction of sp³-hybridized carbons (Fsp3) is 0.400. The molecule has 19 heavy (non-hydrogen) atoms. The molecule has 3 rings (SSSR count). The van der Waals surface area contributed by atoms with Gasteiger partial charge in [-0.15, -0.1) is 11.6 Å². The first-order chi connectivity index (χ1) is 9.38. The van der Waals surface area contributed by atoms with E-state index in [0.29, 0.717) is 5.88 Å². The van der Waals surface area contributed by atoms with E-state index >= 15 is 0 Å². The maximum absolute atomic E-state index is 6.10. The largest absolute Gasteiger partial charge is 0.356 e. The molecule has 0 spiro atoms. The number of fused-ring (bicyclic) bond motifs is 1. The van der Waals surface area contributed by atoms with Gasteiger partial charge in [0.25, 0.3) is 0 Å². The van der Waals surface area contributed by atoms with Crippen LogP contribution in [0.3, 0.4) is 0 Å². The molecule has 2 heterocycles. The third kappa shape index (κ3) is 2.82. The van der Waals surface area contributed by atoms with Gasteiger partial charge >= 0.3 is 0 Å². The predicted octanol–water partition coefficient (Wildman–Crippen LogP) is 3.92. The topological polar surface area (TPSA) is 16.1 Å². The maximum atomic E-state index is 6.10. The number of hydrogen-bond donors (Lipinski definition) is 0. The molecule has 1 aromatic carbocycles. The molecule has 0 N–H and O–H groups in total. The molecular formula is C15H17ClN2S. The third-order valence-corrected chi connectivity index (χ3v) is 4.82. The Morgan fingerprint density at radius 3 is 3.00 bits per heavy atom. The highest BCUT2D eigenvalue weighted by atomic mass is 35.5. The zero-order valence-corrected chi connectivity index (χ0v) is 12.4. The van der Waals surface area contributed by atoms with Crippen LogP contribution in [0.15, 0.2) is 30.3 Å². The third-order valence-electron chi connectivity index (χ3n) is 3.48. The van der Waals surface area contributed by atoms with Crippen LogP contribution in [0.5, 0.6) is 0 Å². The van der Waals surface area contributed by atoms with Crippen molar-refractivity contribution < 1.29 is 0 Å². The van der Waals surface area contributed by atoms with E-state index in [2.05, 4.69) is 23.1 Å². The lowest BCUT2D eigenvalue weighted by Gasteiger charge is -2.22. The average Bonchev–Trinajstić information content (AvgIpc) is 2.75. The second-order valence-corrected chi connectivity index (χ2v) is 6.24. The summed E-state index contributed by atoms with van der Waals surface area (Å²) in [6, 6.07) is 10.4. The summed E-state index contributed by atoms with van der Waals surface area (Å²) in [6.07, 6.45) is 1.23. The molecular weight excluding hydrogens is 276 g/mol. The Labute approximate surface area is 123 Å². The van der Waals surface area contributed by atoms with Crippen molar-refractivity contribution >= 4 is 40.1 Å². The smallest absolute Gasteiger partial charge is 0.129 e. The molecule has 1 aliphatic rings. The van der Waals surface area contributed by atoms with Gasteiger partial charge in [-0.25, -0.2) is 4.98 Å². The quantitative estimate of drug-likeness (QED) is 0.781.